The highest BCUT2D eigenvalue weighted by molar-refractivity contribution is 5.80. The van der Waals surface area contributed by atoms with Crippen LogP contribution in [0.2, 0.25) is 0 Å². The minimum Gasteiger partial charge on any atom is -0.465 e. The second kappa shape index (κ2) is 7.08. The molecule has 5 nitrogen and oxygen atoms in total. The van der Waals surface area contributed by atoms with E-state index in [4.69, 9.17) is 9.52 Å². The Morgan fingerprint density at radius 3 is 2.56 bits per heavy atom. The average Bonchev–Trinajstić information content (AvgIpc) is 3.12. The summed E-state index contributed by atoms with van der Waals surface area (Å²) < 4.78 is 5.71. The highest BCUT2D eigenvalue weighted by Crippen LogP contribution is 2.34. The van der Waals surface area contributed by atoms with Crippen LogP contribution in [0.1, 0.15) is 37.2 Å². The molecule has 1 N–H and O–H groups in total. The largest absolute Gasteiger partial charge is 0.465 e. The maximum atomic E-state index is 11.0. The van der Waals surface area contributed by atoms with Crippen LogP contribution in [-0.2, 0) is 0 Å². The zero-order valence-corrected chi connectivity index (χ0v) is 14.6. The summed E-state index contributed by atoms with van der Waals surface area (Å²) in [6.07, 6.45) is 5.36. The summed E-state index contributed by atoms with van der Waals surface area (Å²) >= 11 is 0. The number of carboxylic acid groups (broad SMARTS) is 1. The summed E-state index contributed by atoms with van der Waals surface area (Å²) in [5.41, 5.74) is 2.42. The quantitative estimate of drug-likeness (QED) is 0.916. The zero-order valence-electron chi connectivity index (χ0n) is 14.6. The Morgan fingerprint density at radius 2 is 1.84 bits per heavy atom. The molecule has 1 aromatic heterocycles. The molecule has 2 saturated heterocycles. The Hall–Kier alpha value is -2.01. The van der Waals surface area contributed by atoms with Gasteiger partial charge in [0.1, 0.15) is 5.58 Å². The SMILES string of the molecule is O=C(O)N1CCC(CN2CCC(c3cccc4ccoc34)CC2)CC1. The van der Waals surface area contributed by atoms with Crippen molar-refractivity contribution in [1.82, 2.24) is 9.80 Å². The van der Waals surface area contributed by atoms with E-state index in [0.29, 0.717) is 24.9 Å². The third-order valence-corrected chi connectivity index (χ3v) is 5.94. The van der Waals surface area contributed by atoms with Crippen molar-refractivity contribution < 1.29 is 14.3 Å². The lowest BCUT2D eigenvalue weighted by Gasteiger charge is -2.37. The highest BCUT2D eigenvalue weighted by atomic mass is 16.4. The van der Waals surface area contributed by atoms with Crippen LogP contribution in [0.4, 0.5) is 4.79 Å². The van der Waals surface area contributed by atoms with Crippen LogP contribution in [-0.4, -0.2) is 53.7 Å². The minimum absolute atomic E-state index is 0.583. The highest BCUT2D eigenvalue weighted by Gasteiger charge is 2.27. The van der Waals surface area contributed by atoms with E-state index in [1.165, 1.54) is 23.8 Å². The van der Waals surface area contributed by atoms with Gasteiger partial charge in [0.05, 0.1) is 6.26 Å². The topological polar surface area (TPSA) is 56.9 Å². The molecule has 1 aromatic carbocycles. The Balaban J connectivity index is 1.30. The normalized spacial score (nSPS) is 21.0. The molecule has 1 amide bonds. The standard InChI is InChI=1S/C20H26N2O3/c23-20(24)22-11-4-15(5-12-22)14-21-9-6-16(7-10-21)18-3-1-2-17-8-13-25-19(17)18/h1-3,8,13,15-16H,4-7,9-12,14H2,(H,23,24). The second-order valence-electron chi connectivity index (χ2n) is 7.47. The molecule has 2 aromatic rings. The molecule has 134 valence electrons. The van der Waals surface area contributed by atoms with Gasteiger partial charge in [-0.3, -0.25) is 0 Å². The number of piperidine rings is 2. The number of hydrogen-bond acceptors (Lipinski definition) is 3. The lowest BCUT2D eigenvalue weighted by Crippen LogP contribution is -2.42. The number of rotatable bonds is 3. The van der Waals surface area contributed by atoms with Crippen LogP contribution in [0, 0.1) is 5.92 Å². The van der Waals surface area contributed by atoms with E-state index in [1.807, 2.05) is 6.07 Å². The number of carbonyl (C=O) groups is 1. The van der Waals surface area contributed by atoms with Crippen molar-refractivity contribution in [2.75, 3.05) is 32.7 Å². The number of benzene rings is 1. The van der Waals surface area contributed by atoms with Gasteiger partial charge < -0.3 is 19.3 Å². The van der Waals surface area contributed by atoms with Crippen molar-refractivity contribution >= 4 is 17.1 Å². The van der Waals surface area contributed by atoms with Gasteiger partial charge in [0, 0.05) is 25.0 Å². The van der Waals surface area contributed by atoms with Crippen LogP contribution in [0.5, 0.6) is 0 Å². The molecule has 0 radical (unpaired) electrons. The van der Waals surface area contributed by atoms with Gasteiger partial charge in [0.25, 0.3) is 0 Å². The zero-order chi connectivity index (χ0) is 17.2. The van der Waals surface area contributed by atoms with Gasteiger partial charge in [-0.05, 0) is 62.2 Å². The molecule has 0 atom stereocenters. The Bertz CT molecular complexity index is 725. The number of para-hydroxylation sites is 1. The van der Waals surface area contributed by atoms with E-state index in [2.05, 4.69) is 23.1 Å². The first kappa shape index (κ1) is 16.5. The van der Waals surface area contributed by atoms with Gasteiger partial charge in [-0.1, -0.05) is 18.2 Å². The van der Waals surface area contributed by atoms with Crippen molar-refractivity contribution in [2.45, 2.75) is 31.6 Å². The fourth-order valence-electron chi connectivity index (χ4n) is 4.44. The summed E-state index contributed by atoms with van der Waals surface area (Å²) in [5, 5.41) is 10.3. The second-order valence-corrected chi connectivity index (χ2v) is 7.47. The molecule has 2 aliphatic rings. The van der Waals surface area contributed by atoms with Gasteiger partial charge in [-0.25, -0.2) is 4.79 Å². The van der Waals surface area contributed by atoms with Gasteiger partial charge in [0.15, 0.2) is 0 Å². The lowest BCUT2D eigenvalue weighted by atomic mass is 9.87. The molecule has 3 heterocycles. The smallest absolute Gasteiger partial charge is 0.407 e. The van der Waals surface area contributed by atoms with Crippen LogP contribution >= 0.6 is 0 Å². The van der Waals surface area contributed by atoms with Crippen molar-refractivity contribution in [3.63, 3.8) is 0 Å². The summed E-state index contributed by atoms with van der Waals surface area (Å²) in [6, 6.07) is 8.50. The summed E-state index contributed by atoms with van der Waals surface area (Å²) in [5.74, 6) is 1.22. The van der Waals surface area contributed by atoms with E-state index in [9.17, 15) is 4.79 Å². The fraction of sp³-hybridized carbons (Fsp3) is 0.550. The summed E-state index contributed by atoms with van der Waals surface area (Å²) in [6.45, 7) is 4.75. The number of furan rings is 1. The van der Waals surface area contributed by atoms with Crippen LogP contribution < -0.4 is 0 Å². The van der Waals surface area contributed by atoms with Crippen LogP contribution in [0.3, 0.4) is 0 Å². The minimum atomic E-state index is -0.772. The van der Waals surface area contributed by atoms with E-state index >= 15 is 0 Å². The van der Waals surface area contributed by atoms with Crippen molar-refractivity contribution in [1.29, 1.82) is 0 Å². The summed E-state index contributed by atoms with van der Waals surface area (Å²) in [4.78, 5) is 15.1. The maximum absolute atomic E-state index is 11.0. The van der Waals surface area contributed by atoms with E-state index in [-0.39, 0.29) is 0 Å². The Kier molecular flexibility index (Phi) is 4.66. The summed E-state index contributed by atoms with van der Waals surface area (Å²) in [7, 11) is 0. The van der Waals surface area contributed by atoms with Gasteiger partial charge in [-0.2, -0.15) is 0 Å². The molecule has 2 aliphatic heterocycles. The first-order valence-corrected chi connectivity index (χ1v) is 9.37. The molecular weight excluding hydrogens is 316 g/mol. The number of likely N-dealkylation sites (tertiary alicyclic amines) is 2. The molecule has 0 saturated carbocycles. The van der Waals surface area contributed by atoms with Crippen molar-refractivity contribution in [3.05, 3.63) is 36.1 Å². The molecule has 0 unspecified atom stereocenters. The number of nitrogens with zero attached hydrogens (tertiary/aromatic N) is 2. The predicted octanol–water partition coefficient (Wildman–Crippen LogP) is 4.00. The molecule has 0 spiro atoms. The maximum Gasteiger partial charge on any atom is 0.407 e. The molecule has 0 bridgehead atoms. The molecule has 0 aliphatic carbocycles. The number of fused-ring (bicyclic) bond motifs is 1. The van der Waals surface area contributed by atoms with Gasteiger partial charge in [-0.15, -0.1) is 0 Å². The van der Waals surface area contributed by atoms with E-state index < -0.39 is 6.09 Å². The molecular formula is C20H26N2O3. The molecule has 25 heavy (non-hydrogen) atoms. The molecule has 4 rings (SSSR count). The number of amides is 1. The Morgan fingerprint density at radius 1 is 1.08 bits per heavy atom. The lowest BCUT2D eigenvalue weighted by molar-refractivity contribution is 0.107. The van der Waals surface area contributed by atoms with E-state index in [0.717, 1.165) is 38.1 Å². The number of hydrogen-bond donors (Lipinski definition) is 1. The first-order chi connectivity index (χ1) is 12.2. The van der Waals surface area contributed by atoms with E-state index in [1.54, 1.807) is 11.2 Å². The van der Waals surface area contributed by atoms with Crippen LogP contribution in [0.25, 0.3) is 11.0 Å². The van der Waals surface area contributed by atoms with Crippen molar-refractivity contribution in [2.24, 2.45) is 5.92 Å². The Labute approximate surface area is 148 Å². The third kappa shape index (κ3) is 3.52. The van der Waals surface area contributed by atoms with Crippen LogP contribution in [0.15, 0.2) is 34.9 Å². The van der Waals surface area contributed by atoms with Gasteiger partial charge in [0.2, 0.25) is 0 Å². The third-order valence-electron chi connectivity index (χ3n) is 5.94. The first-order valence-electron chi connectivity index (χ1n) is 9.37. The fourth-order valence-corrected chi connectivity index (χ4v) is 4.44. The molecule has 5 heteroatoms. The molecule has 2 fully saturated rings. The monoisotopic (exact) mass is 342 g/mol. The van der Waals surface area contributed by atoms with Gasteiger partial charge >= 0.3 is 6.09 Å². The predicted molar refractivity (Wildman–Crippen MR) is 97.0 cm³/mol. The van der Waals surface area contributed by atoms with Crippen molar-refractivity contribution in [3.8, 4) is 0 Å². The average molecular weight is 342 g/mol.